The highest BCUT2D eigenvalue weighted by Crippen LogP contribution is 2.54. The average Bonchev–Trinajstić information content (AvgIpc) is 3.37. The number of aliphatic hydroxyl groups excluding tert-OH is 1. The van der Waals surface area contributed by atoms with Gasteiger partial charge in [0.15, 0.2) is 0 Å². The van der Waals surface area contributed by atoms with Crippen molar-refractivity contribution in [2.45, 2.75) is 41.4 Å². The van der Waals surface area contributed by atoms with E-state index in [0.29, 0.717) is 0 Å². The summed E-state index contributed by atoms with van der Waals surface area (Å²) in [5, 5.41) is 10.8. The minimum Gasteiger partial charge on any atom is -0.497 e. The van der Waals surface area contributed by atoms with E-state index in [9.17, 15) is 5.11 Å². The summed E-state index contributed by atoms with van der Waals surface area (Å²) in [5.41, 5.74) is 3.42. The second kappa shape index (κ2) is 6.30. The summed E-state index contributed by atoms with van der Waals surface area (Å²) in [6.45, 7) is 0. The molecule has 2 aromatic carbocycles. The lowest BCUT2D eigenvalue weighted by atomic mass is 9.85. The molecule has 4 rings (SSSR count). The van der Waals surface area contributed by atoms with Gasteiger partial charge in [0.25, 0.3) is 0 Å². The van der Waals surface area contributed by atoms with Crippen LogP contribution in [0.5, 0.6) is 5.75 Å². The van der Waals surface area contributed by atoms with Crippen LogP contribution in [0.25, 0.3) is 0 Å². The normalized spacial score (nSPS) is 22.9. The van der Waals surface area contributed by atoms with Gasteiger partial charge in [-0.3, -0.25) is 0 Å². The lowest BCUT2D eigenvalue weighted by Crippen LogP contribution is -2.14. The van der Waals surface area contributed by atoms with Crippen LogP contribution in [0.15, 0.2) is 65.1 Å². The Kier molecular flexibility index (Phi) is 4.15. The van der Waals surface area contributed by atoms with Gasteiger partial charge in [-0.2, -0.15) is 0 Å². The number of aryl methyl sites for hydroxylation is 1. The number of benzene rings is 2. The van der Waals surface area contributed by atoms with Gasteiger partial charge in [0, 0.05) is 9.64 Å². The highest BCUT2D eigenvalue weighted by atomic mass is 32.2. The van der Waals surface area contributed by atoms with Gasteiger partial charge in [0.05, 0.1) is 7.11 Å². The first-order valence-electron chi connectivity index (χ1n) is 8.50. The minimum absolute atomic E-state index is 0.182. The van der Waals surface area contributed by atoms with E-state index in [1.807, 2.05) is 23.9 Å². The molecule has 0 aromatic heterocycles. The summed E-state index contributed by atoms with van der Waals surface area (Å²) in [7, 11) is 1.68. The van der Waals surface area contributed by atoms with Crippen molar-refractivity contribution in [1.82, 2.24) is 0 Å². The average molecular weight is 338 g/mol. The molecular formula is C21H22O2S. The molecule has 2 nitrogen and oxygen atoms in total. The van der Waals surface area contributed by atoms with Crippen molar-refractivity contribution in [2.75, 3.05) is 7.11 Å². The Hall–Kier alpha value is -1.71. The van der Waals surface area contributed by atoms with Gasteiger partial charge in [0.1, 0.15) is 11.9 Å². The number of methoxy groups -OCH3 is 1. The second-order valence-electron chi connectivity index (χ2n) is 6.67. The molecule has 0 bridgehead atoms. The zero-order valence-electron chi connectivity index (χ0n) is 13.9. The Morgan fingerprint density at radius 1 is 1.12 bits per heavy atom. The largest absolute Gasteiger partial charge is 0.497 e. The third-order valence-electron chi connectivity index (χ3n) is 4.93. The molecule has 2 aliphatic rings. The summed E-state index contributed by atoms with van der Waals surface area (Å²) in [5.74, 6) is 0.867. The number of hydrogen-bond acceptors (Lipinski definition) is 3. The highest BCUT2D eigenvalue weighted by molar-refractivity contribution is 8.01. The van der Waals surface area contributed by atoms with Crippen LogP contribution in [-0.2, 0) is 6.42 Å². The van der Waals surface area contributed by atoms with Crippen molar-refractivity contribution in [3.8, 4) is 5.75 Å². The van der Waals surface area contributed by atoms with Crippen LogP contribution >= 0.6 is 11.8 Å². The van der Waals surface area contributed by atoms with Crippen molar-refractivity contribution >= 4 is 11.8 Å². The van der Waals surface area contributed by atoms with Crippen LogP contribution < -0.4 is 4.74 Å². The number of fused-ring (bicyclic) bond motifs is 1. The number of rotatable bonds is 4. The van der Waals surface area contributed by atoms with Crippen molar-refractivity contribution in [1.29, 1.82) is 0 Å². The Morgan fingerprint density at radius 3 is 2.62 bits per heavy atom. The molecule has 2 aliphatic carbocycles. The monoisotopic (exact) mass is 338 g/mol. The molecule has 3 heteroatoms. The summed E-state index contributed by atoms with van der Waals surface area (Å²) in [6.07, 6.45) is 6.16. The van der Waals surface area contributed by atoms with Gasteiger partial charge in [-0.05, 0) is 66.6 Å². The molecule has 1 atom stereocenters. The summed E-state index contributed by atoms with van der Waals surface area (Å²) >= 11 is 1.93. The molecule has 1 saturated carbocycles. The predicted octanol–water partition coefficient (Wildman–Crippen LogP) is 4.93. The highest BCUT2D eigenvalue weighted by Gasteiger charge is 2.42. The van der Waals surface area contributed by atoms with E-state index >= 15 is 0 Å². The molecule has 0 unspecified atom stereocenters. The van der Waals surface area contributed by atoms with E-state index in [4.69, 9.17) is 4.74 Å². The third kappa shape index (κ3) is 3.11. The molecule has 0 heterocycles. The minimum atomic E-state index is -0.478. The van der Waals surface area contributed by atoms with Gasteiger partial charge in [-0.25, -0.2) is 0 Å². The molecule has 124 valence electrons. The maximum Gasteiger partial charge on any atom is 0.119 e. The molecular weight excluding hydrogens is 316 g/mol. The van der Waals surface area contributed by atoms with E-state index in [0.717, 1.165) is 24.2 Å². The van der Waals surface area contributed by atoms with E-state index in [1.54, 1.807) is 7.11 Å². The van der Waals surface area contributed by atoms with Crippen molar-refractivity contribution in [2.24, 2.45) is 0 Å². The smallest absolute Gasteiger partial charge is 0.119 e. The molecule has 1 N–H and O–H groups in total. The fraction of sp³-hybridized carbons (Fsp3) is 0.333. The Bertz CT molecular complexity index is 763. The first-order valence-corrected chi connectivity index (χ1v) is 9.31. The van der Waals surface area contributed by atoms with Crippen molar-refractivity contribution < 1.29 is 9.84 Å². The number of hydrogen-bond donors (Lipinski definition) is 1. The van der Waals surface area contributed by atoms with E-state index in [1.165, 1.54) is 28.9 Å². The Labute approximate surface area is 147 Å². The molecule has 0 amide bonds. The number of ether oxygens (including phenoxy) is 1. The third-order valence-corrected chi connectivity index (χ3v) is 6.38. The lowest BCUT2D eigenvalue weighted by Gasteiger charge is -2.26. The van der Waals surface area contributed by atoms with Crippen molar-refractivity contribution in [3.63, 3.8) is 0 Å². The fourth-order valence-corrected chi connectivity index (χ4v) is 4.70. The van der Waals surface area contributed by atoms with Gasteiger partial charge < -0.3 is 9.84 Å². The van der Waals surface area contributed by atoms with Crippen molar-refractivity contribution in [3.05, 3.63) is 71.3 Å². The van der Waals surface area contributed by atoms with Crippen LogP contribution in [0.1, 0.15) is 36.5 Å². The number of aliphatic hydroxyl groups is 1. The fourth-order valence-electron chi connectivity index (χ4n) is 3.42. The second-order valence-corrected chi connectivity index (χ2v) is 8.16. The molecule has 2 aromatic rings. The first kappa shape index (κ1) is 15.8. The molecule has 0 radical (unpaired) electrons. The van der Waals surface area contributed by atoms with Crippen LogP contribution in [0.3, 0.4) is 0 Å². The molecule has 0 saturated heterocycles. The maximum atomic E-state index is 10.8. The Morgan fingerprint density at radius 2 is 1.92 bits per heavy atom. The maximum absolute atomic E-state index is 10.8. The lowest BCUT2D eigenvalue weighted by molar-refractivity contribution is 0.204. The van der Waals surface area contributed by atoms with Crippen LogP contribution in [0.4, 0.5) is 0 Å². The van der Waals surface area contributed by atoms with E-state index in [2.05, 4.69) is 42.5 Å². The van der Waals surface area contributed by atoms with Crippen LogP contribution in [-0.4, -0.2) is 17.0 Å². The zero-order valence-corrected chi connectivity index (χ0v) is 14.7. The van der Waals surface area contributed by atoms with Crippen LogP contribution in [0, 0.1) is 0 Å². The quantitative estimate of drug-likeness (QED) is 0.802. The van der Waals surface area contributed by atoms with Gasteiger partial charge in [-0.1, -0.05) is 30.3 Å². The van der Waals surface area contributed by atoms with E-state index < -0.39 is 6.10 Å². The molecule has 0 spiro atoms. The van der Waals surface area contributed by atoms with E-state index in [-0.39, 0.29) is 4.75 Å². The topological polar surface area (TPSA) is 29.5 Å². The zero-order chi connectivity index (χ0) is 16.6. The van der Waals surface area contributed by atoms with Gasteiger partial charge in [-0.15, -0.1) is 11.8 Å². The van der Waals surface area contributed by atoms with Gasteiger partial charge >= 0.3 is 0 Å². The SMILES string of the molecule is COc1ccc2c(c1)CC/C(=C\C1(Sc3ccccc3)CC1)[C@@H]2O. The Balaban J connectivity index is 1.57. The summed E-state index contributed by atoms with van der Waals surface area (Å²) in [4.78, 5) is 1.31. The van der Waals surface area contributed by atoms with Crippen LogP contribution in [0.2, 0.25) is 0 Å². The molecule has 24 heavy (non-hydrogen) atoms. The molecule has 0 aliphatic heterocycles. The number of thioether (sulfide) groups is 1. The summed E-state index contributed by atoms with van der Waals surface area (Å²) in [6, 6.07) is 16.6. The molecule has 1 fully saturated rings. The summed E-state index contributed by atoms with van der Waals surface area (Å²) < 4.78 is 5.48. The standard InChI is InChI=1S/C21H22O2S/c1-23-17-9-10-19-15(13-17)7-8-16(20(19)22)14-21(11-12-21)24-18-5-3-2-4-6-18/h2-6,9-10,13-14,20,22H,7-8,11-12H2,1H3/b16-14+/t20-/m0/s1. The first-order chi connectivity index (χ1) is 11.7. The predicted molar refractivity (Wildman–Crippen MR) is 98.6 cm³/mol. The van der Waals surface area contributed by atoms with Gasteiger partial charge in [0.2, 0.25) is 0 Å².